The molecule has 1 aromatic carbocycles. The van der Waals surface area contributed by atoms with Gasteiger partial charge in [-0.3, -0.25) is 9.69 Å². The number of likely N-dealkylation sites (tertiary alicyclic amines) is 2. The molecule has 0 radical (unpaired) electrons. The van der Waals surface area contributed by atoms with Gasteiger partial charge in [0.1, 0.15) is 5.82 Å². The van der Waals surface area contributed by atoms with Gasteiger partial charge in [0.25, 0.3) is 0 Å². The fourth-order valence-electron chi connectivity index (χ4n) is 3.44. The zero-order chi connectivity index (χ0) is 19.8. The highest BCUT2D eigenvalue weighted by Gasteiger charge is 2.30. The molecule has 3 rings (SSSR count). The van der Waals surface area contributed by atoms with Crippen LogP contribution in [0.1, 0.15) is 31.2 Å². The summed E-state index contributed by atoms with van der Waals surface area (Å²) >= 11 is 0. The van der Waals surface area contributed by atoms with E-state index in [2.05, 4.69) is 4.90 Å². The summed E-state index contributed by atoms with van der Waals surface area (Å²) in [6.07, 6.45) is 4.39. The fourth-order valence-corrected chi connectivity index (χ4v) is 3.44. The van der Waals surface area contributed by atoms with Gasteiger partial charge in [-0.25, -0.2) is 14.0 Å². The van der Waals surface area contributed by atoms with Gasteiger partial charge in [0.05, 0.1) is 5.92 Å². The van der Waals surface area contributed by atoms with Gasteiger partial charge < -0.3 is 15.1 Å². The van der Waals surface area contributed by atoms with Crippen molar-refractivity contribution in [1.29, 1.82) is 0 Å². The molecule has 1 aromatic rings. The number of rotatable bonds is 3. The Bertz CT molecular complexity index is 647. The molecule has 1 atom stereocenters. The van der Waals surface area contributed by atoms with Crippen LogP contribution in [0.25, 0.3) is 0 Å². The van der Waals surface area contributed by atoms with Crippen molar-refractivity contribution in [3.8, 4) is 0 Å². The predicted molar refractivity (Wildman–Crippen MR) is 95.5 cm³/mol. The van der Waals surface area contributed by atoms with E-state index in [9.17, 15) is 9.18 Å². The second-order valence-corrected chi connectivity index (χ2v) is 6.84. The first-order valence-corrected chi connectivity index (χ1v) is 9.08. The number of halogens is 1. The first-order valence-electron chi connectivity index (χ1n) is 9.08. The third-order valence-electron chi connectivity index (χ3n) is 4.77. The Balaban J connectivity index is 0.000000380. The predicted octanol–water partition coefficient (Wildman–Crippen LogP) is 1.82. The standard InChI is InChI=1S/C17H23FN2O.C2H2O4/c18-16-7-5-14(6-8-16)12-19-9-3-4-15(13-19)17(21)20-10-1-2-11-20;3-1(4)2(5)6/h5-8,15H,1-4,9-13H2;(H,3,4)(H,5,6). The van der Waals surface area contributed by atoms with Crippen LogP contribution in [-0.4, -0.2) is 64.0 Å². The van der Waals surface area contributed by atoms with Crippen LogP contribution in [0, 0.1) is 11.7 Å². The maximum atomic E-state index is 12.9. The number of carbonyl (C=O) groups is 3. The van der Waals surface area contributed by atoms with Crippen LogP contribution in [0.5, 0.6) is 0 Å². The number of amides is 1. The van der Waals surface area contributed by atoms with Gasteiger partial charge in [-0.15, -0.1) is 0 Å². The normalized spacial score (nSPS) is 19.9. The Labute approximate surface area is 157 Å². The molecule has 0 bridgehead atoms. The molecule has 27 heavy (non-hydrogen) atoms. The lowest BCUT2D eigenvalue weighted by molar-refractivity contribution is -0.159. The molecule has 2 aliphatic rings. The van der Waals surface area contributed by atoms with Crippen LogP contribution in [0.15, 0.2) is 24.3 Å². The maximum absolute atomic E-state index is 12.9. The highest BCUT2D eigenvalue weighted by Crippen LogP contribution is 2.22. The first-order chi connectivity index (χ1) is 12.9. The molecule has 2 fully saturated rings. The van der Waals surface area contributed by atoms with Crippen LogP contribution in [0.3, 0.4) is 0 Å². The van der Waals surface area contributed by atoms with Crippen LogP contribution < -0.4 is 0 Å². The Kier molecular flexibility index (Phi) is 7.72. The lowest BCUT2D eigenvalue weighted by Crippen LogP contribution is -2.43. The van der Waals surface area contributed by atoms with E-state index in [4.69, 9.17) is 19.8 Å². The molecule has 0 aliphatic carbocycles. The van der Waals surface area contributed by atoms with E-state index in [1.54, 1.807) is 0 Å². The molecule has 2 heterocycles. The number of hydrogen-bond donors (Lipinski definition) is 2. The van der Waals surface area contributed by atoms with Gasteiger partial charge in [0.2, 0.25) is 5.91 Å². The number of carbonyl (C=O) groups excluding carboxylic acids is 1. The van der Waals surface area contributed by atoms with Crippen molar-refractivity contribution >= 4 is 17.8 Å². The summed E-state index contributed by atoms with van der Waals surface area (Å²) in [6.45, 7) is 4.55. The number of piperidine rings is 1. The van der Waals surface area contributed by atoms with Gasteiger partial charge in [-0.1, -0.05) is 12.1 Å². The van der Waals surface area contributed by atoms with Crippen molar-refractivity contribution in [1.82, 2.24) is 9.80 Å². The van der Waals surface area contributed by atoms with Crippen molar-refractivity contribution in [2.45, 2.75) is 32.2 Å². The number of hydrogen-bond acceptors (Lipinski definition) is 4. The molecule has 0 aromatic heterocycles. The summed E-state index contributed by atoms with van der Waals surface area (Å²) in [6, 6.07) is 6.68. The van der Waals surface area contributed by atoms with E-state index in [1.165, 1.54) is 12.1 Å². The number of carboxylic acid groups (broad SMARTS) is 2. The largest absolute Gasteiger partial charge is 0.473 e. The van der Waals surface area contributed by atoms with Gasteiger partial charge in [-0.05, 0) is 49.9 Å². The molecular weight excluding hydrogens is 355 g/mol. The number of nitrogens with zero attached hydrogens (tertiary/aromatic N) is 2. The summed E-state index contributed by atoms with van der Waals surface area (Å²) < 4.78 is 12.9. The van der Waals surface area contributed by atoms with Crippen LogP contribution >= 0.6 is 0 Å². The van der Waals surface area contributed by atoms with E-state index in [1.807, 2.05) is 17.0 Å². The van der Waals surface area contributed by atoms with E-state index >= 15 is 0 Å². The molecule has 2 saturated heterocycles. The molecule has 0 spiro atoms. The van der Waals surface area contributed by atoms with E-state index < -0.39 is 11.9 Å². The minimum absolute atomic E-state index is 0.150. The smallest absolute Gasteiger partial charge is 0.414 e. The summed E-state index contributed by atoms with van der Waals surface area (Å²) in [5, 5.41) is 14.8. The topological polar surface area (TPSA) is 98.2 Å². The van der Waals surface area contributed by atoms with Crippen molar-refractivity contribution in [3.05, 3.63) is 35.6 Å². The van der Waals surface area contributed by atoms with Gasteiger partial charge in [0.15, 0.2) is 0 Å². The van der Waals surface area contributed by atoms with Crippen molar-refractivity contribution in [3.63, 3.8) is 0 Å². The third kappa shape index (κ3) is 6.63. The third-order valence-corrected chi connectivity index (χ3v) is 4.77. The molecule has 2 aliphatic heterocycles. The molecular formula is C19H25FN2O5. The van der Waals surface area contributed by atoms with Crippen molar-refractivity contribution < 1.29 is 29.0 Å². The summed E-state index contributed by atoms with van der Waals surface area (Å²) in [7, 11) is 0. The van der Waals surface area contributed by atoms with Gasteiger partial charge >= 0.3 is 11.9 Å². The van der Waals surface area contributed by atoms with Crippen molar-refractivity contribution in [2.24, 2.45) is 5.92 Å². The second kappa shape index (κ2) is 10.0. The molecule has 1 unspecified atom stereocenters. The first kappa shape index (κ1) is 20.8. The van der Waals surface area contributed by atoms with Crippen LogP contribution in [0.2, 0.25) is 0 Å². The molecule has 7 nitrogen and oxygen atoms in total. The van der Waals surface area contributed by atoms with Crippen LogP contribution in [0.4, 0.5) is 4.39 Å². The summed E-state index contributed by atoms with van der Waals surface area (Å²) in [5.41, 5.74) is 1.12. The molecule has 8 heteroatoms. The van der Waals surface area contributed by atoms with E-state index in [-0.39, 0.29) is 11.7 Å². The Morgan fingerprint density at radius 3 is 2.11 bits per heavy atom. The zero-order valence-corrected chi connectivity index (χ0v) is 15.1. The minimum Gasteiger partial charge on any atom is -0.473 e. The van der Waals surface area contributed by atoms with Crippen LogP contribution in [-0.2, 0) is 20.9 Å². The monoisotopic (exact) mass is 380 g/mol. The average molecular weight is 380 g/mol. The lowest BCUT2D eigenvalue weighted by Gasteiger charge is -2.34. The second-order valence-electron chi connectivity index (χ2n) is 6.84. The quantitative estimate of drug-likeness (QED) is 0.776. The maximum Gasteiger partial charge on any atom is 0.414 e. The van der Waals surface area contributed by atoms with E-state index in [0.29, 0.717) is 5.91 Å². The average Bonchev–Trinajstić information content (AvgIpc) is 3.18. The number of benzene rings is 1. The minimum atomic E-state index is -1.82. The molecule has 2 N–H and O–H groups in total. The fraction of sp³-hybridized carbons (Fsp3) is 0.526. The van der Waals surface area contributed by atoms with E-state index in [0.717, 1.165) is 64.0 Å². The Morgan fingerprint density at radius 2 is 1.56 bits per heavy atom. The lowest BCUT2D eigenvalue weighted by atomic mass is 9.96. The Morgan fingerprint density at radius 1 is 0.963 bits per heavy atom. The summed E-state index contributed by atoms with van der Waals surface area (Å²) in [5.74, 6) is -3.35. The van der Waals surface area contributed by atoms with Crippen molar-refractivity contribution in [2.75, 3.05) is 26.2 Å². The molecule has 148 valence electrons. The SMILES string of the molecule is O=C(C1CCCN(Cc2ccc(F)cc2)C1)N1CCCC1.O=C(O)C(=O)O. The zero-order valence-electron chi connectivity index (χ0n) is 15.1. The molecule has 0 saturated carbocycles. The van der Waals surface area contributed by atoms with Gasteiger partial charge in [0, 0.05) is 26.2 Å². The summed E-state index contributed by atoms with van der Waals surface area (Å²) in [4.78, 5) is 35.1. The number of carboxylic acids is 2. The molecule has 1 amide bonds. The highest BCUT2D eigenvalue weighted by molar-refractivity contribution is 6.27. The van der Waals surface area contributed by atoms with Gasteiger partial charge in [-0.2, -0.15) is 0 Å². The number of aliphatic carboxylic acids is 2. The highest BCUT2D eigenvalue weighted by atomic mass is 19.1. The Hall–Kier alpha value is -2.48.